The zero-order chi connectivity index (χ0) is 43.1. The number of ether oxygens (including phenoxy) is 1. The molecule has 0 aromatic rings. The summed E-state index contributed by atoms with van der Waals surface area (Å²) in [6.45, 7) is 6.37. The van der Waals surface area contributed by atoms with Crippen molar-refractivity contribution < 1.29 is 24.5 Å². The Labute approximate surface area is 364 Å². The van der Waals surface area contributed by atoms with Crippen LogP contribution in [-0.4, -0.2) is 46.9 Å². The molecule has 0 fully saturated rings. The van der Waals surface area contributed by atoms with E-state index in [0.717, 1.165) is 103 Å². The molecule has 0 aromatic heterocycles. The van der Waals surface area contributed by atoms with Gasteiger partial charge in [-0.05, 0) is 77.0 Å². The van der Waals surface area contributed by atoms with E-state index < -0.39 is 18.2 Å². The lowest BCUT2D eigenvalue weighted by molar-refractivity contribution is -0.151. The van der Waals surface area contributed by atoms with Crippen molar-refractivity contribution in [3.8, 4) is 0 Å². The van der Waals surface area contributed by atoms with Gasteiger partial charge in [0, 0.05) is 6.42 Å². The van der Waals surface area contributed by atoms with E-state index in [2.05, 4.69) is 99.0 Å². The summed E-state index contributed by atoms with van der Waals surface area (Å²) in [5, 5.41) is 23.6. The van der Waals surface area contributed by atoms with Crippen molar-refractivity contribution >= 4 is 11.9 Å². The molecule has 0 radical (unpaired) electrons. The predicted molar refractivity (Wildman–Crippen MR) is 255 cm³/mol. The van der Waals surface area contributed by atoms with Crippen LogP contribution < -0.4 is 5.32 Å². The van der Waals surface area contributed by atoms with Gasteiger partial charge in [0.05, 0.1) is 25.2 Å². The number of carbonyl (C=O) groups is 2. The number of nitrogens with one attached hydrogen (secondary N) is 1. The standard InChI is InChI=1S/C53H93NO5/c1-4-7-10-13-16-19-21-23-24-25-26-27-29-31-34-37-40-43-46-53(58)59-49(44-41-38-35-33-30-28-22-20-17-14-11-8-5-2)47-52(57)54-50(48-55)51(56)45-42-39-36-32-18-15-12-9-6-3/h16-17,19-28,49-51,55-56H,4-15,18,29-48H2,1-3H3,(H,54,57)/b19-16+,20-17+,23-21+,25-24+,27-26+,28-22+. The number of esters is 1. The Bertz CT molecular complexity index is 1110. The Hall–Kier alpha value is -2.70. The SMILES string of the molecule is CCCCC/C=C/C=C/C=C/C=C/CCCCCCCC(=O)OC(CCCCCC/C=C/C=C/CCCCC)CC(=O)NC(CO)C(O)CCCCCCCCCCC. The number of amides is 1. The fraction of sp³-hybridized carbons (Fsp3) is 0.736. The van der Waals surface area contributed by atoms with Crippen LogP contribution in [0.25, 0.3) is 0 Å². The summed E-state index contributed by atoms with van der Waals surface area (Å²) < 4.78 is 5.90. The average molecular weight is 824 g/mol. The second-order valence-corrected chi connectivity index (χ2v) is 16.6. The van der Waals surface area contributed by atoms with Crippen LogP contribution in [0, 0.1) is 0 Å². The van der Waals surface area contributed by atoms with E-state index in [0.29, 0.717) is 19.3 Å². The van der Waals surface area contributed by atoms with Crippen molar-refractivity contribution in [2.45, 2.75) is 244 Å². The topological polar surface area (TPSA) is 95.9 Å². The van der Waals surface area contributed by atoms with E-state index >= 15 is 0 Å². The van der Waals surface area contributed by atoms with Gasteiger partial charge in [-0.25, -0.2) is 0 Å². The molecule has 0 aliphatic heterocycles. The fourth-order valence-electron chi connectivity index (χ4n) is 7.08. The molecule has 0 saturated carbocycles. The van der Waals surface area contributed by atoms with Crippen molar-refractivity contribution in [2.75, 3.05) is 6.61 Å². The second-order valence-electron chi connectivity index (χ2n) is 16.6. The number of aliphatic hydroxyl groups excluding tert-OH is 2. The molecule has 340 valence electrons. The van der Waals surface area contributed by atoms with Crippen LogP contribution in [0.4, 0.5) is 0 Å². The lowest BCUT2D eigenvalue weighted by atomic mass is 10.0. The molecule has 3 atom stereocenters. The summed E-state index contributed by atoms with van der Waals surface area (Å²) in [5.74, 6) is -0.525. The van der Waals surface area contributed by atoms with Gasteiger partial charge >= 0.3 is 5.97 Å². The Morgan fingerprint density at radius 2 is 0.864 bits per heavy atom. The molecule has 3 N–H and O–H groups in total. The van der Waals surface area contributed by atoms with Crippen LogP contribution in [0.3, 0.4) is 0 Å². The normalized spacial score (nSPS) is 13.9. The Morgan fingerprint density at radius 1 is 0.492 bits per heavy atom. The third-order valence-corrected chi connectivity index (χ3v) is 10.9. The maximum Gasteiger partial charge on any atom is 0.306 e. The molecule has 0 bridgehead atoms. The summed E-state index contributed by atoms with van der Waals surface area (Å²) in [4.78, 5) is 26.1. The molecule has 6 nitrogen and oxygen atoms in total. The molecule has 1 amide bonds. The highest BCUT2D eigenvalue weighted by Crippen LogP contribution is 2.17. The van der Waals surface area contributed by atoms with Gasteiger partial charge in [0.25, 0.3) is 0 Å². The van der Waals surface area contributed by atoms with Gasteiger partial charge in [-0.2, -0.15) is 0 Å². The van der Waals surface area contributed by atoms with E-state index in [-0.39, 0.29) is 24.9 Å². The van der Waals surface area contributed by atoms with Crippen LogP contribution in [0.5, 0.6) is 0 Å². The molecule has 6 heteroatoms. The Balaban J connectivity index is 4.66. The number of unbranched alkanes of at least 4 members (excludes halogenated alkanes) is 23. The van der Waals surface area contributed by atoms with Crippen LogP contribution in [-0.2, 0) is 14.3 Å². The summed E-state index contributed by atoms with van der Waals surface area (Å²) in [6.07, 6.45) is 58.1. The first-order chi connectivity index (χ1) is 29.0. The van der Waals surface area contributed by atoms with E-state index in [1.165, 1.54) is 77.0 Å². The zero-order valence-corrected chi connectivity index (χ0v) is 38.6. The van der Waals surface area contributed by atoms with Gasteiger partial charge in [0.1, 0.15) is 6.10 Å². The van der Waals surface area contributed by atoms with E-state index in [1.807, 2.05) is 0 Å². The minimum absolute atomic E-state index is 0.0511. The molecule has 3 unspecified atom stereocenters. The summed E-state index contributed by atoms with van der Waals surface area (Å²) in [7, 11) is 0. The summed E-state index contributed by atoms with van der Waals surface area (Å²) in [5.41, 5.74) is 0. The zero-order valence-electron chi connectivity index (χ0n) is 38.6. The second kappa shape index (κ2) is 46.4. The fourth-order valence-corrected chi connectivity index (χ4v) is 7.08. The molecule has 0 saturated heterocycles. The number of aliphatic hydroxyl groups is 2. The van der Waals surface area contributed by atoms with Crippen molar-refractivity contribution in [1.29, 1.82) is 0 Å². The van der Waals surface area contributed by atoms with Gasteiger partial charge in [-0.3, -0.25) is 9.59 Å². The highest BCUT2D eigenvalue weighted by molar-refractivity contribution is 5.77. The van der Waals surface area contributed by atoms with Crippen molar-refractivity contribution in [2.24, 2.45) is 0 Å². The molecule has 59 heavy (non-hydrogen) atoms. The average Bonchev–Trinajstić information content (AvgIpc) is 3.23. The minimum atomic E-state index is -0.798. The highest BCUT2D eigenvalue weighted by atomic mass is 16.5. The maximum atomic E-state index is 13.1. The third-order valence-electron chi connectivity index (χ3n) is 10.9. The van der Waals surface area contributed by atoms with Gasteiger partial charge in [0.15, 0.2) is 0 Å². The molecule has 0 heterocycles. The number of hydrogen-bond donors (Lipinski definition) is 3. The van der Waals surface area contributed by atoms with Gasteiger partial charge in [-0.1, -0.05) is 209 Å². The first-order valence-corrected chi connectivity index (χ1v) is 24.7. The minimum Gasteiger partial charge on any atom is -0.462 e. The quantitative estimate of drug-likeness (QED) is 0.0323. The summed E-state index contributed by atoms with van der Waals surface area (Å²) >= 11 is 0. The predicted octanol–water partition coefficient (Wildman–Crippen LogP) is 14.6. The molecule has 0 rings (SSSR count). The lowest BCUT2D eigenvalue weighted by Crippen LogP contribution is -2.46. The molecule has 0 aliphatic rings. The third kappa shape index (κ3) is 41.8. The number of carbonyl (C=O) groups excluding carboxylic acids is 2. The first-order valence-electron chi connectivity index (χ1n) is 24.7. The smallest absolute Gasteiger partial charge is 0.306 e. The van der Waals surface area contributed by atoms with E-state index in [1.54, 1.807) is 0 Å². The summed E-state index contributed by atoms with van der Waals surface area (Å²) in [6, 6.07) is -0.714. The van der Waals surface area contributed by atoms with E-state index in [4.69, 9.17) is 4.74 Å². The van der Waals surface area contributed by atoms with Crippen LogP contribution in [0.1, 0.15) is 226 Å². The highest BCUT2D eigenvalue weighted by Gasteiger charge is 2.24. The van der Waals surface area contributed by atoms with Crippen molar-refractivity contribution in [3.63, 3.8) is 0 Å². The van der Waals surface area contributed by atoms with Crippen LogP contribution in [0.15, 0.2) is 72.9 Å². The van der Waals surface area contributed by atoms with Crippen LogP contribution >= 0.6 is 0 Å². The van der Waals surface area contributed by atoms with Gasteiger partial charge < -0.3 is 20.3 Å². The Morgan fingerprint density at radius 3 is 1.36 bits per heavy atom. The molecular formula is C53H93NO5. The molecular weight excluding hydrogens is 731 g/mol. The number of rotatable bonds is 43. The Kier molecular flexibility index (Phi) is 44.2. The molecule has 0 aromatic carbocycles. The number of hydrogen-bond acceptors (Lipinski definition) is 5. The molecule has 0 aliphatic carbocycles. The monoisotopic (exact) mass is 824 g/mol. The lowest BCUT2D eigenvalue weighted by Gasteiger charge is -2.24. The van der Waals surface area contributed by atoms with Crippen LogP contribution in [0.2, 0.25) is 0 Å². The molecule has 0 spiro atoms. The van der Waals surface area contributed by atoms with E-state index in [9.17, 15) is 19.8 Å². The maximum absolute atomic E-state index is 13.1. The largest absolute Gasteiger partial charge is 0.462 e. The van der Waals surface area contributed by atoms with Crippen molar-refractivity contribution in [3.05, 3.63) is 72.9 Å². The number of allylic oxidation sites excluding steroid dienone is 12. The van der Waals surface area contributed by atoms with Gasteiger partial charge in [0.2, 0.25) is 5.91 Å². The van der Waals surface area contributed by atoms with Crippen molar-refractivity contribution in [1.82, 2.24) is 5.32 Å². The van der Waals surface area contributed by atoms with Gasteiger partial charge in [-0.15, -0.1) is 0 Å². The first kappa shape index (κ1) is 56.3.